The third-order valence-corrected chi connectivity index (χ3v) is 5.88. The Morgan fingerprint density at radius 3 is 2.79 bits per heavy atom. The van der Waals surface area contributed by atoms with Gasteiger partial charge in [0, 0.05) is 36.1 Å². The van der Waals surface area contributed by atoms with Crippen LogP contribution in [0.5, 0.6) is 0 Å². The van der Waals surface area contributed by atoms with Crippen LogP contribution in [-0.2, 0) is 0 Å². The monoisotopic (exact) mass is 300 g/mol. The van der Waals surface area contributed by atoms with Gasteiger partial charge in [0.2, 0.25) is 0 Å². The molecule has 1 aliphatic rings. The fourth-order valence-electron chi connectivity index (χ4n) is 2.83. The number of hydrogen-bond acceptors (Lipinski definition) is 3. The molecule has 1 saturated heterocycles. The number of nitrogens with one attached hydrogen (secondary N) is 1. The van der Waals surface area contributed by atoms with Gasteiger partial charge in [-0.1, -0.05) is 31.9 Å². The highest BCUT2D eigenvalue weighted by molar-refractivity contribution is 7.16. The van der Waals surface area contributed by atoms with Gasteiger partial charge in [0.15, 0.2) is 0 Å². The van der Waals surface area contributed by atoms with Gasteiger partial charge in [0.25, 0.3) is 0 Å². The normalized spacial score (nSPS) is 28.3. The molecule has 0 saturated carbocycles. The van der Waals surface area contributed by atoms with Gasteiger partial charge in [0.1, 0.15) is 0 Å². The Labute approximate surface area is 126 Å². The summed E-state index contributed by atoms with van der Waals surface area (Å²) in [6.45, 7) is 11.4. The van der Waals surface area contributed by atoms with Crippen LogP contribution in [0.1, 0.15) is 45.0 Å². The van der Waals surface area contributed by atoms with Crippen molar-refractivity contribution in [2.24, 2.45) is 5.92 Å². The largest absolute Gasteiger partial charge is 0.311 e. The van der Waals surface area contributed by atoms with Gasteiger partial charge in [-0.3, -0.25) is 4.90 Å². The predicted octanol–water partition coefficient (Wildman–Crippen LogP) is 4.17. The zero-order chi connectivity index (χ0) is 14.0. The van der Waals surface area contributed by atoms with Crippen molar-refractivity contribution in [2.75, 3.05) is 13.1 Å². The van der Waals surface area contributed by atoms with E-state index in [1.54, 1.807) is 11.3 Å². The lowest BCUT2D eigenvalue weighted by atomic mass is 9.94. The molecule has 2 nitrogen and oxygen atoms in total. The SMILES string of the molecule is CCC(C)C1CN(C(C)c2ccc(Cl)s2)C(C)CN1. The summed E-state index contributed by atoms with van der Waals surface area (Å²) in [6, 6.07) is 5.83. The molecule has 4 atom stereocenters. The third kappa shape index (κ3) is 3.52. The molecule has 1 aromatic heterocycles. The zero-order valence-electron chi connectivity index (χ0n) is 12.3. The highest BCUT2D eigenvalue weighted by Crippen LogP contribution is 2.32. The van der Waals surface area contributed by atoms with Crippen LogP contribution in [0.3, 0.4) is 0 Å². The average molecular weight is 301 g/mol. The summed E-state index contributed by atoms with van der Waals surface area (Å²) in [5.41, 5.74) is 0. The first-order valence-electron chi connectivity index (χ1n) is 7.27. The van der Waals surface area contributed by atoms with Gasteiger partial charge < -0.3 is 5.32 Å². The number of hydrogen-bond donors (Lipinski definition) is 1. The van der Waals surface area contributed by atoms with Crippen molar-refractivity contribution in [1.82, 2.24) is 10.2 Å². The molecule has 0 amide bonds. The minimum Gasteiger partial charge on any atom is -0.311 e. The van der Waals surface area contributed by atoms with Crippen LogP contribution >= 0.6 is 22.9 Å². The van der Waals surface area contributed by atoms with Crippen molar-refractivity contribution in [3.05, 3.63) is 21.3 Å². The minimum absolute atomic E-state index is 0.459. The molecular formula is C15H25ClN2S. The summed E-state index contributed by atoms with van der Waals surface area (Å²) in [5, 5.41) is 3.70. The number of nitrogens with zero attached hydrogens (tertiary/aromatic N) is 1. The maximum Gasteiger partial charge on any atom is 0.0931 e. The molecule has 1 aliphatic heterocycles. The Bertz CT molecular complexity index is 407. The maximum atomic E-state index is 6.07. The molecule has 1 aromatic rings. The third-order valence-electron chi connectivity index (χ3n) is 4.48. The molecular weight excluding hydrogens is 276 g/mol. The lowest BCUT2D eigenvalue weighted by Gasteiger charge is -2.43. The fraction of sp³-hybridized carbons (Fsp3) is 0.733. The Morgan fingerprint density at radius 2 is 2.21 bits per heavy atom. The Morgan fingerprint density at radius 1 is 1.47 bits per heavy atom. The van der Waals surface area contributed by atoms with Crippen LogP contribution in [0.2, 0.25) is 4.34 Å². The van der Waals surface area contributed by atoms with E-state index in [2.05, 4.69) is 44.0 Å². The first kappa shape index (κ1) is 15.3. The molecule has 2 rings (SSSR count). The maximum absolute atomic E-state index is 6.07. The molecule has 1 N–H and O–H groups in total. The Kier molecular flexibility index (Phi) is 5.29. The summed E-state index contributed by atoms with van der Waals surface area (Å²) in [5.74, 6) is 0.731. The van der Waals surface area contributed by atoms with Crippen LogP contribution in [-0.4, -0.2) is 30.1 Å². The number of thiophene rings is 1. The van der Waals surface area contributed by atoms with Crippen molar-refractivity contribution < 1.29 is 0 Å². The van der Waals surface area contributed by atoms with E-state index in [4.69, 9.17) is 11.6 Å². The van der Waals surface area contributed by atoms with E-state index in [9.17, 15) is 0 Å². The van der Waals surface area contributed by atoms with Crippen molar-refractivity contribution in [2.45, 2.75) is 52.2 Å². The fourth-order valence-corrected chi connectivity index (χ4v) is 3.97. The summed E-state index contributed by atoms with van der Waals surface area (Å²) < 4.78 is 0.892. The highest BCUT2D eigenvalue weighted by atomic mass is 35.5. The molecule has 0 aromatic carbocycles. The highest BCUT2D eigenvalue weighted by Gasteiger charge is 2.31. The van der Waals surface area contributed by atoms with Crippen LogP contribution in [0.25, 0.3) is 0 Å². The molecule has 108 valence electrons. The molecule has 0 radical (unpaired) electrons. The standard InChI is InChI=1S/C15H25ClN2S/c1-5-10(2)13-9-18(11(3)8-17-13)12(4)14-6-7-15(16)19-14/h6-7,10-13,17H,5,8-9H2,1-4H3. The van der Waals surface area contributed by atoms with Gasteiger partial charge in [-0.2, -0.15) is 0 Å². The number of halogens is 1. The smallest absolute Gasteiger partial charge is 0.0931 e. The van der Waals surface area contributed by atoms with Gasteiger partial charge in [-0.05, 0) is 31.9 Å². The van der Waals surface area contributed by atoms with Gasteiger partial charge >= 0.3 is 0 Å². The first-order valence-corrected chi connectivity index (χ1v) is 8.46. The molecule has 0 spiro atoms. The van der Waals surface area contributed by atoms with Crippen molar-refractivity contribution in [3.8, 4) is 0 Å². The van der Waals surface area contributed by atoms with Gasteiger partial charge in [0.05, 0.1) is 4.34 Å². The van der Waals surface area contributed by atoms with E-state index in [-0.39, 0.29) is 0 Å². The molecule has 0 aliphatic carbocycles. The minimum atomic E-state index is 0.459. The quantitative estimate of drug-likeness (QED) is 0.898. The topological polar surface area (TPSA) is 15.3 Å². The second kappa shape index (κ2) is 6.57. The van der Waals surface area contributed by atoms with Crippen LogP contribution in [0.15, 0.2) is 12.1 Å². The summed E-state index contributed by atoms with van der Waals surface area (Å²) in [6.07, 6.45) is 1.24. The summed E-state index contributed by atoms with van der Waals surface area (Å²) >= 11 is 7.78. The first-order chi connectivity index (χ1) is 9.02. The van der Waals surface area contributed by atoms with Gasteiger partial charge in [-0.15, -0.1) is 11.3 Å². The van der Waals surface area contributed by atoms with E-state index in [0.717, 1.165) is 23.3 Å². The van der Waals surface area contributed by atoms with Crippen molar-refractivity contribution in [3.63, 3.8) is 0 Å². The summed E-state index contributed by atoms with van der Waals surface area (Å²) in [4.78, 5) is 4.00. The van der Waals surface area contributed by atoms with Crippen LogP contribution < -0.4 is 5.32 Å². The van der Waals surface area contributed by atoms with E-state index in [0.29, 0.717) is 18.1 Å². The van der Waals surface area contributed by atoms with Crippen LogP contribution in [0.4, 0.5) is 0 Å². The molecule has 4 heteroatoms. The van der Waals surface area contributed by atoms with E-state index < -0.39 is 0 Å². The number of piperazine rings is 1. The number of rotatable bonds is 4. The molecule has 0 bridgehead atoms. The lowest BCUT2D eigenvalue weighted by Crippen LogP contribution is -2.57. The second-order valence-corrected chi connectivity index (χ2v) is 7.51. The molecule has 2 heterocycles. The molecule has 1 fully saturated rings. The summed E-state index contributed by atoms with van der Waals surface area (Å²) in [7, 11) is 0. The predicted molar refractivity (Wildman–Crippen MR) is 85.2 cm³/mol. The van der Waals surface area contributed by atoms with Crippen molar-refractivity contribution in [1.29, 1.82) is 0 Å². The molecule has 4 unspecified atom stereocenters. The van der Waals surface area contributed by atoms with Crippen LogP contribution in [0, 0.1) is 5.92 Å². The second-order valence-electron chi connectivity index (χ2n) is 5.76. The van der Waals surface area contributed by atoms with E-state index in [1.165, 1.54) is 11.3 Å². The van der Waals surface area contributed by atoms with E-state index >= 15 is 0 Å². The van der Waals surface area contributed by atoms with E-state index in [1.807, 2.05) is 6.07 Å². The average Bonchev–Trinajstić information content (AvgIpc) is 2.84. The van der Waals surface area contributed by atoms with Gasteiger partial charge in [-0.25, -0.2) is 0 Å². The molecule has 19 heavy (non-hydrogen) atoms. The Hall–Kier alpha value is -0.0900. The Balaban J connectivity index is 2.08. The van der Waals surface area contributed by atoms with Crippen molar-refractivity contribution >= 4 is 22.9 Å². The zero-order valence-corrected chi connectivity index (χ0v) is 13.9. The lowest BCUT2D eigenvalue weighted by molar-refractivity contribution is 0.0833.